The van der Waals surface area contributed by atoms with Gasteiger partial charge in [0.25, 0.3) is 0 Å². The third kappa shape index (κ3) is 2.86. The maximum Gasteiger partial charge on any atom is 0.319 e. The molecule has 88 valence electrons. The molecule has 0 aromatic heterocycles. The van der Waals surface area contributed by atoms with Crippen molar-refractivity contribution in [2.24, 2.45) is 5.92 Å². The summed E-state index contributed by atoms with van der Waals surface area (Å²) in [5.74, 6) is -0.559. The van der Waals surface area contributed by atoms with E-state index < -0.39 is 0 Å². The van der Waals surface area contributed by atoms with Crippen LogP contribution in [0.2, 0.25) is 0 Å². The largest absolute Gasteiger partial charge is 0.331 e. The third-order valence-corrected chi connectivity index (χ3v) is 2.62. The molecule has 0 saturated carbocycles. The van der Waals surface area contributed by atoms with Gasteiger partial charge in [0.1, 0.15) is 0 Å². The lowest BCUT2D eigenvalue weighted by molar-refractivity contribution is -0.125. The van der Waals surface area contributed by atoms with Crippen LogP contribution in [0.25, 0.3) is 0 Å². The number of nitrogens with zero attached hydrogens (tertiary/aromatic N) is 3. The van der Waals surface area contributed by atoms with Crippen LogP contribution in [0.1, 0.15) is 12.8 Å². The summed E-state index contributed by atoms with van der Waals surface area (Å²) in [6.07, 6.45) is 3.14. The first-order valence-electron chi connectivity index (χ1n) is 5.21. The van der Waals surface area contributed by atoms with Crippen molar-refractivity contribution in [2.75, 3.05) is 27.2 Å². The SMILES string of the molecule is CN(C)C(=O)N1CCCC(C(=O)NC#N)C1. The van der Waals surface area contributed by atoms with E-state index in [0.717, 1.165) is 12.8 Å². The Kier molecular flexibility index (Phi) is 4.11. The zero-order valence-corrected chi connectivity index (χ0v) is 9.56. The number of amides is 3. The molecule has 0 spiro atoms. The highest BCUT2D eigenvalue weighted by Crippen LogP contribution is 2.17. The van der Waals surface area contributed by atoms with Gasteiger partial charge in [0, 0.05) is 27.2 Å². The first-order valence-corrected chi connectivity index (χ1v) is 5.21. The second kappa shape index (κ2) is 5.35. The lowest BCUT2D eigenvalue weighted by Gasteiger charge is -2.33. The van der Waals surface area contributed by atoms with E-state index in [1.54, 1.807) is 25.2 Å². The van der Waals surface area contributed by atoms with Crippen LogP contribution in [0.4, 0.5) is 4.79 Å². The molecule has 0 aromatic rings. The van der Waals surface area contributed by atoms with Gasteiger partial charge in [0.05, 0.1) is 5.92 Å². The van der Waals surface area contributed by atoms with E-state index in [1.807, 2.05) is 0 Å². The minimum absolute atomic E-state index is 0.0885. The second-order valence-corrected chi connectivity index (χ2v) is 4.06. The maximum atomic E-state index is 11.7. The van der Waals surface area contributed by atoms with E-state index in [0.29, 0.717) is 13.1 Å². The number of carbonyl (C=O) groups is 2. The Bertz CT molecular complexity index is 321. The van der Waals surface area contributed by atoms with E-state index in [1.165, 1.54) is 4.90 Å². The fourth-order valence-corrected chi connectivity index (χ4v) is 1.80. The molecule has 1 N–H and O–H groups in total. The van der Waals surface area contributed by atoms with Crippen LogP contribution in [0.5, 0.6) is 0 Å². The smallest absolute Gasteiger partial charge is 0.319 e. The Morgan fingerprint density at radius 2 is 2.19 bits per heavy atom. The van der Waals surface area contributed by atoms with Crippen molar-refractivity contribution >= 4 is 11.9 Å². The van der Waals surface area contributed by atoms with Crippen molar-refractivity contribution in [1.29, 1.82) is 5.26 Å². The maximum absolute atomic E-state index is 11.7. The number of urea groups is 1. The highest BCUT2D eigenvalue weighted by atomic mass is 16.2. The van der Waals surface area contributed by atoms with Gasteiger partial charge < -0.3 is 9.80 Å². The minimum atomic E-state index is -0.293. The minimum Gasteiger partial charge on any atom is -0.331 e. The van der Waals surface area contributed by atoms with E-state index in [2.05, 4.69) is 5.32 Å². The van der Waals surface area contributed by atoms with Crippen molar-refractivity contribution in [3.63, 3.8) is 0 Å². The lowest BCUT2D eigenvalue weighted by atomic mass is 9.97. The van der Waals surface area contributed by atoms with Crippen LogP contribution in [-0.4, -0.2) is 48.9 Å². The molecular weight excluding hydrogens is 208 g/mol. The predicted molar refractivity (Wildman–Crippen MR) is 57.1 cm³/mol. The summed E-state index contributed by atoms with van der Waals surface area (Å²) in [6.45, 7) is 1.07. The molecule has 0 radical (unpaired) electrons. The Morgan fingerprint density at radius 1 is 1.50 bits per heavy atom. The number of carbonyl (C=O) groups excluding carboxylic acids is 2. The average Bonchev–Trinajstić information content (AvgIpc) is 2.28. The molecule has 1 unspecified atom stereocenters. The molecule has 1 rings (SSSR count). The van der Waals surface area contributed by atoms with E-state index >= 15 is 0 Å². The lowest BCUT2D eigenvalue weighted by Crippen LogP contribution is -2.48. The Balaban J connectivity index is 2.57. The number of piperidine rings is 1. The molecule has 0 bridgehead atoms. The van der Waals surface area contributed by atoms with E-state index in [-0.39, 0.29) is 17.9 Å². The number of nitriles is 1. The molecule has 6 nitrogen and oxygen atoms in total. The fourth-order valence-electron chi connectivity index (χ4n) is 1.80. The van der Waals surface area contributed by atoms with E-state index in [9.17, 15) is 9.59 Å². The zero-order chi connectivity index (χ0) is 12.1. The second-order valence-electron chi connectivity index (χ2n) is 4.06. The first-order chi connectivity index (χ1) is 7.56. The van der Waals surface area contributed by atoms with Gasteiger partial charge in [-0.05, 0) is 12.8 Å². The van der Waals surface area contributed by atoms with Crippen LogP contribution >= 0.6 is 0 Å². The van der Waals surface area contributed by atoms with Crippen molar-refractivity contribution in [2.45, 2.75) is 12.8 Å². The van der Waals surface area contributed by atoms with Gasteiger partial charge in [-0.25, -0.2) is 4.79 Å². The van der Waals surface area contributed by atoms with Crippen molar-refractivity contribution in [3.05, 3.63) is 0 Å². The van der Waals surface area contributed by atoms with Crippen LogP contribution < -0.4 is 5.32 Å². The molecule has 1 aliphatic rings. The normalized spacial score (nSPS) is 19.8. The number of nitrogens with one attached hydrogen (secondary N) is 1. The van der Waals surface area contributed by atoms with Crippen LogP contribution in [-0.2, 0) is 4.79 Å². The third-order valence-electron chi connectivity index (χ3n) is 2.62. The molecule has 1 atom stereocenters. The van der Waals surface area contributed by atoms with Crippen LogP contribution in [0.3, 0.4) is 0 Å². The number of likely N-dealkylation sites (tertiary alicyclic amines) is 1. The number of hydrogen-bond acceptors (Lipinski definition) is 3. The molecule has 1 fully saturated rings. The molecule has 1 saturated heterocycles. The summed E-state index contributed by atoms with van der Waals surface area (Å²) in [5.41, 5.74) is 0. The molecule has 1 aliphatic heterocycles. The molecular formula is C10H16N4O2. The van der Waals surface area contributed by atoms with Gasteiger partial charge in [-0.15, -0.1) is 0 Å². The fraction of sp³-hybridized carbons (Fsp3) is 0.700. The molecule has 3 amide bonds. The first kappa shape index (κ1) is 12.3. The number of rotatable bonds is 1. The molecule has 6 heteroatoms. The Morgan fingerprint density at radius 3 is 2.75 bits per heavy atom. The van der Waals surface area contributed by atoms with Gasteiger partial charge in [-0.1, -0.05) is 0 Å². The summed E-state index contributed by atoms with van der Waals surface area (Å²) in [4.78, 5) is 26.3. The monoisotopic (exact) mass is 224 g/mol. The number of hydrogen-bond donors (Lipinski definition) is 1. The van der Waals surface area contributed by atoms with Crippen molar-refractivity contribution in [3.8, 4) is 6.19 Å². The summed E-state index contributed by atoms with van der Waals surface area (Å²) < 4.78 is 0. The van der Waals surface area contributed by atoms with Crippen molar-refractivity contribution < 1.29 is 9.59 Å². The summed E-state index contributed by atoms with van der Waals surface area (Å²) in [5, 5.41) is 10.5. The average molecular weight is 224 g/mol. The summed E-state index contributed by atoms with van der Waals surface area (Å²) in [6, 6.07) is -0.0885. The Hall–Kier alpha value is -1.77. The quantitative estimate of drug-likeness (QED) is 0.502. The van der Waals surface area contributed by atoms with E-state index in [4.69, 9.17) is 5.26 Å². The predicted octanol–water partition coefficient (Wildman–Crippen LogP) is -0.0227. The topological polar surface area (TPSA) is 76.4 Å². The molecule has 1 heterocycles. The van der Waals surface area contributed by atoms with Crippen LogP contribution in [0, 0.1) is 17.4 Å². The summed E-state index contributed by atoms with van der Waals surface area (Å²) in [7, 11) is 3.36. The van der Waals surface area contributed by atoms with Crippen molar-refractivity contribution in [1.82, 2.24) is 15.1 Å². The molecule has 0 aliphatic carbocycles. The van der Waals surface area contributed by atoms with Gasteiger partial charge in [-0.3, -0.25) is 10.1 Å². The highest BCUT2D eigenvalue weighted by molar-refractivity contribution is 5.81. The summed E-state index contributed by atoms with van der Waals surface area (Å²) >= 11 is 0. The Labute approximate surface area is 94.8 Å². The van der Waals surface area contributed by atoms with Gasteiger partial charge >= 0.3 is 6.03 Å². The van der Waals surface area contributed by atoms with Gasteiger partial charge in [0.2, 0.25) is 5.91 Å². The standard InChI is InChI=1S/C10H16N4O2/c1-13(2)10(16)14-5-3-4-8(6-14)9(15)12-7-11/h8H,3-6H2,1-2H3,(H,12,15). The highest BCUT2D eigenvalue weighted by Gasteiger charge is 2.28. The van der Waals surface area contributed by atoms with Gasteiger partial charge in [-0.2, -0.15) is 5.26 Å². The zero-order valence-electron chi connectivity index (χ0n) is 9.56. The molecule has 0 aromatic carbocycles. The van der Waals surface area contributed by atoms with Crippen LogP contribution in [0.15, 0.2) is 0 Å². The van der Waals surface area contributed by atoms with Gasteiger partial charge in [0.15, 0.2) is 6.19 Å². The molecule has 16 heavy (non-hydrogen) atoms.